The van der Waals surface area contributed by atoms with Gasteiger partial charge in [-0.15, -0.1) is 0 Å². The second kappa shape index (κ2) is 7.25. The molecule has 0 aliphatic rings. The molecule has 0 fully saturated rings. The fourth-order valence-corrected chi connectivity index (χ4v) is 1.87. The average molecular weight is 237 g/mol. The van der Waals surface area contributed by atoms with Crippen LogP contribution in [-0.2, 0) is 4.74 Å². The van der Waals surface area contributed by atoms with Gasteiger partial charge in [-0.1, -0.05) is 6.92 Å². The van der Waals surface area contributed by atoms with Crippen LogP contribution < -0.4 is 11.1 Å². The number of nitrogens with zero attached hydrogens (tertiary/aromatic N) is 1. The van der Waals surface area contributed by atoms with Crippen LogP contribution in [0.3, 0.4) is 0 Å². The molecule has 96 valence electrons. The first-order chi connectivity index (χ1) is 8.20. The van der Waals surface area contributed by atoms with Crippen molar-refractivity contribution in [1.82, 2.24) is 10.3 Å². The van der Waals surface area contributed by atoms with E-state index < -0.39 is 0 Å². The van der Waals surface area contributed by atoms with Gasteiger partial charge >= 0.3 is 0 Å². The molecule has 0 amide bonds. The van der Waals surface area contributed by atoms with Gasteiger partial charge in [0.25, 0.3) is 0 Å². The first-order valence-corrected chi connectivity index (χ1v) is 6.25. The fraction of sp³-hybridized carbons (Fsp3) is 0.615. The van der Waals surface area contributed by atoms with E-state index in [0.29, 0.717) is 6.61 Å². The summed E-state index contributed by atoms with van der Waals surface area (Å²) in [6.07, 6.45) is 4.69. The van der Waals surface area contributed by atoms with Crippen molar-refractivity contribution >= 4 is 5.69 Å². The van der Waals surface area contributed by atoms with E-state index in [9.17, 15) is 0 Å². The summed E-state index contributed by atoms with van der Waals surface area (Å²) in [7, 11) is 0. The third-order valence-corrected chi connectivity index (χ3v) is 2.74. The van der Waals surface area contributed by atoms with Crippen molar-refractivity contribution in [2.45, 2.75) is 39.3 Å². The average Bonchev–Trinajstić information content (AvgIpc) is 2.32. The maximum atomic E-state index is 5.99. The summed E-state index contributed by atoms with van der Waals surface area (Å²) >= 11 is 0. The van der Waals surface area contributed by atoms with Crippen LogP contribution in [-0.4, -0.2) is 24.2 Å². The summed E-state index contributed by atoms with van der Waals surface area (Å²) < 4.78 is 5.66. The van der Waals surface area contributed by atoms with E-state index in [4.69, 9.17) is 10.5 Å². The van der Waals surface area contributed by atoms with Crippen LogP contribution in [0.25, 0.3) is 0 Å². The van der Waals surface area contributed by atoms with Crippen LogP contribution >= 0.6 is 0 Å². The molecule has 4 heteroatoms. The number of nitrogen functional groups attached to an aromatic ring is 1. The third-order valence-electron chi connectivity index (χ3n) is 2.74. The Hall–Kier alpha value is -1.13. The second-order valence-corrected chi connectivity index (χ2v) is 4.10. The largest absolute Gasteiger partial charge is 0.398 e. The van der Waals surface area contributed by atoms with E-state index in [1.54, 1.807) is 6.20 Å². The van der Waals surface area contributed by atoms with Crippen LogP contribution in [0.2, 0.25) is 0 Å². The van der Waals surface area contributed by atoms with Crippen molar-refractivity contribution in [2.24, 2.45) is 0 Å². The van der Waals surface area contributed by atoms with E-state index in [1.165, 1.54) is 0 Å². The highest BCUT2D eigenvalue weighted by molar-refractivity contribution is 5.46. The lowest BCUT2D eigenvalue weighted by Gasteiger charge is -2.26. The normalized spacial score (nSPS) is 14.5. The predicted octanol–water partition coefficient (Wildman–Crippen LogP) is 2.13. The fourth-order valence-electron chi connectivity index (χ4n) is 1.87. The molecule has 1 rings (SSSR count). The number of aromatic nitrogens is 1. The zero-order chi connectivity index (χ0) is 12.7. The maximum Gasteiger partial charge on any atom is 0.0742 e. The number of nitrogens with two attached hydrogens (primary N) is 1. The quantitative estimate of drug-likeness (QED) is 0.762. The molecular formula is C13H23N3O. The lowest BCUT2D eigenvalue weighted by Crippen LogP contribution is -2.33. The van der Waals surface area contributed by atoms with Crippen LogP contribution in [0.4, 0.5) is 5.69 Å². The summed E-state index contributed by atoms with van der Waals surface area (Å²) in [5.74, 6) is 0. The van der Waals surface area contributed by atoms with Crippen molar-refractivity contribution in [3.8, 4) is 0 Å². The van der Waals surface area contributed by atoms with Gasteiger partial charge in [-0.25, -0.2) is 0 Å². The molecule has 2 unspecified atom stereocenters. The number of anilines is 1. The Kier molecular flexibility index (Phi) is 5.94. The molecule has 1 aromatic heterocycles. The molecule has 0 aromatic carbocycles. The Morgan fingerprint density at radius 3 is 2.82 bits per heavy atom. The maximum absolute atomic E-state index is 5.99. The van der Waals surface area contributed by atoms with Crippen molar-refractivity contribution in [2.75, 3.05) is 18.9 Å². The number of hydrogen-bond donors (Lipinski definition) is 2. The predicted molar refractivity (Wildman–Crippen MR) is 70.8 cm³/mol. The van der Waals surface area contributed by atoms with Gasteiger partial charge in [0.1, 0.15) is 0 Å². The first kappa shape index (κ1) is 13.9. The van der Waals surface area contributed by atoms with Gasteiger partial charge in [0.2, 0.25) is 0 Å². The molecule has 4 nitrogen and oxygen atoms in total. The van der Waals surface area contributed by atoms with E-state index >= 15 is 0 Å². The minimum atomic E-state index is 0.0815. The molecule has 0 spiro atoms. The Labute approximate surface area is 104 Å². The molecule has 0 bridgehead atoms. The van der Waals surface area contributed by atoms with Gasteiger partial charge in [-0.05, 0) is 32.9 Å². The van der Waals surface area contributed by atoms with Crippen LogP contribution in [0.1, 0.15) is 38.8 Å². The zero-order valence-electron chi connectivity index (χ0n) is 10.9. The topological polar surface area (TPSA) is 60.2 Å². The number of hydrogen-bond acceptors (Lipinski definition) is 4. The highest BCUT2D eigenvalue weighted by atomic mass is 16.5. The highest BCUT2D eigenvalue weighted by Gasteiger charge is 2.21. The van der Waals surface area contributed by atoms with Gasteiger partial charge in [-0.3, -0.25) is 4.98 Å². The summed E-state index contributed by atoms with van der Waals surface area (Å²) in [6.45, 7) is 7.84. The van der Waals surface area contributed by atoms with Crippen molar-refractivity contribution in [3.63, 3.8) is 0 Å². The van der Waals surface area contributed by atoms with Gasteiger partial charge in [0, 0.05) is 30.3 Å². The van der Waals surface area contributed by atoms with E-state index in [0.717, 1.165) is 24.2 Å². The summed E-state index contributed by atoms with van der Waals surface area (Å²) in [6, 6.07) is 1.93. The number of ether oxygens (including phenoxy) is 1. The number of pyridine rings is 1. The Bertz CT molecular complexity index is 330. The molecule has 17 heavy (non-hydrogen) atoms. The van der Waals surface area contributed by atoms with Crippen LogP contribution in [0.5, 0.6) is 0 Å². The lowest BCUT2D eigenvalue weighted by molar-refractivity contribution is 0.0473. The molecule has 2 atom stereocenters. The zero-order valence-corrected chi connectivity index (χ0v) is 10.9. The van der Waals surface area contributed by atoms with E-state index in [2.05, 4.69) is 24.1 Å². The SMILES string of the molecule is CCCNC(c1cnccc1N)C(C)OCC. The molecule has 1 aromatic rings. The summed E-state index contributed by atoms with van der Waals surface area (Å²) in [4.78, 5) is 4.14. The van der Waals surface area contributed by atoms with Crippen molar-refractivity contribution < 1.29 is 4.74 Å². The molecule has 0 saturated heterocycles. The third kappa shape index (κ3) is 3.98. The smallest absolute Gasteiger partial charge is 0.0742 e. The lowest BCUT2D eigenvalue weighted by atomic mass is 10.0. The molecule has 0 aliphatic heterocycles. The molecule has 3 N–H and O–H groups in total. The monoisotopic (exact) mass is 237 g/mol. The van der Waals surface area contributed by atoms with Crippen molar-refractivity contribution in [1.29, 1.82) is 0 Å². The molecule has 1 heterocycles. The summed E-state index contributed by atoms with van der Waals surface area (Å²) in [5, 5.41) is 3.47. The van der Waals surface area contributed by atoms with Crippen LogP contribution in [0, 0.1) is 0 Å². The highest BCUT2D eigenvalue weighted by Crippen LogP contribution is 2.23. The van der Waals surface area contributed by atoms with Gasteiger partial charge in [-0.2, -0.15) is 0 Å². The van der Waals surface area contributed by atoms with Crippen LogP contribution in [0.15, 0.2) is 18.5 Å². The standard InChI is InChI=1S/C13H23N3O/c1-4-7-16-13(10(3)17-5-2)11-9-15-8-6-12(11)14/h6,8-10,13,16H,4-5,7H2,1-3H3,(H2,14,15). The minimum absolute atomic E-state index is 0.0815. The number of rotatable bonds is 7. The van der Waals surface area contributed by atoms with E-state index in [1.807, 2.05) is 19.2 Å². The van der Waals surface area contributed by atoms with Gasteiger partial charge in [0.05, 0.1) is 12.1 Å². The van der Waals surface area contributed by atoms with E-state index in [-0.39, 0.29) is 12.1 Å². The number of nitrogens with one attached hydrogen (secondary N) is 1. The minimum Gasteiger partial charge on any atom is -0.398 e. The second-order valence-electron chi connectivity index (χ2n) is 4.10. The molecule has 0 saturated carbocycles. The van der Waals surface area contributed by atoms with Gasteiger partial charge in [0.15, 0.2) is 0 Å². The summed E-state index contributed by atoms with van der Waals surface area (Å²) in [5.41, 5.74) is 7.77. The van der Waals surface area contributed by atoms with Crippen molar-refractivity contribution in [3.05, 3.63) is 24.0 Å². The Morgan fingerprint density at radius 1 is 1.47 bits per heavy atom. The Morgan fingerprint density at radius 2 is 2.24 bits per heavy atom. The van der Waals surface area contributed by atoms with Gasteiger partial charge < -0.3 is 15.8 Å². The Balaban J connectivity index is 2.85. The molecule has 0 radical (unpaired) electrons. The first-order valence-electron chi connectivity index (χ1n) is 6.25. The molecule has 0 aliphatic carbocycles. The molecular weight excluding hydrogens is 214 g/mol.